The van der Waals surface area contributed by atoms with E-state index in [4.69, 9.17) is 11.6 Å². The van der Waals surface area contributed by atoms with Crippen LogP contribution in [0.4, 0.5) is 5.69 Å². The van der Waals surface area contributed by atoms with E-state index in [2.05, 4.69) is 33.9 Å². The van der Waals surface area contributed by atoms with Crippen LogP contribution in [0.1, 0.15) is 12.8 Å². The predicted molar refractivity (Wildman–Crippen MR) is 85.8 cm³/mol. The van der Waals surface area contributed by atoms with Crippen LogP contribution < -0.4 is 4.90 Å². The molecule has 0 aliphatic carbocycles. The van der Waals surface area contributed by atoms with E-state index >= 15 is 0 Å². The first-order valence-corrected chi connectivity index (χ1v) is 8.03. The van der Waals surface area contributed by atoms with Crippen LogP contribution >= 0.6 is 11.6 Å². The van der Waals surface area contributed by atoms with Crippen molar-refractivity contribution in [3.63, 3.8) is 0 Å². The number of piperidine rings is 1. The zero-order chi connectivity index (χ0) is 13.9. The molecule has 0 atom stereocenters. The quantitative estimate of drug-likeness (QED) is 0.830. The highest BCUT2D eigenvalue weighted by molar-refractivity contribution is 6.30. The molecular weight excluding hydrogens is 270 g/mol. The zero-order valence-electron chi connectivity index (χ0n) is 12.3. The highest BCUT2D eigenvalue weighted by Gasteiger charge is 2.26. The lowest BCUT2D eigenvalue weighted by Gasteiger charge is -2.42. The molecule has 1 aromatic rings. The Morgan fingerprint density at radius 1 is 0.900 bits per heavy atom. The van der Waals surface area contributed by atoms with Gasteiger partial charge in [0, 0.05) is 42.9 Å². The fourth-order valence-corrected chi connectivity index (χ4v) is 3.48. The molecule has 0 radical (unpaired) electrons. The Bertz CT molecular complexity index is 418. The molecule has 2 heterocycles. The number of nitrogens with zero attached hydrogens (tertiary/aromatic N) is 3. The van der Waals surface area contributed by atoms with E-state index in [0.29, 0.717) is 0 Å². The van der Waals surface area contributed by atoms with Gasteiger partial charge in [0.15, 0.2) is 0 Å². The molecule has 2 aliphatic heterocycles. The molecule has 2 fully saturated rings. The number of likely N-dealkylation sites (tertiary alicyclic amines) is 1. The van der Waals surface area contributed by atoms with Crippen LogP contribution in [0, 0.1) is 0 Å². The summed E-state index contributed by atoms with van der Waals surface area (Å²) < 4.78 is 0. The van der Waals surface area contributed by atoms with E-state index < -0.39 is 0 Å². The van der Waals surface area contributed by atoms with Crippen molar-refractivity contribution in [3.8, 4) is 0 Å². The SMILES string of the molecule is CN1CCC(N2CCN(c3ccc(Cl)cc3)CC2)CC1. The molecule has 0 unspecified atom stereocenters. The van der Waals surface area contributed by atoms with Crippen molar-refractivity contribution >= 4 is 17.3 Å². The number of benzene rings is 1. The third-order valence-corrected chi connectivity index (χ3v) is 4.96. The Morgan fingerprint density at radius 3 is 2.10 bits per heavy atom. The number of anilines is 1. The van der Waals surface area contributed by atoms with E-state index in [-0.39, 0.29) is 0 Å². The second kappa shape index (κ2) is 6.33. The number of hydrogen-bond acceptors (Lipinski definition) is 3. The summed E-state index contributed by atoms with van der Waals surface area (Å²) in [7, 11) is 2.23. The van der Waals surface area contributed by atoms with Crippen molar-refractivity contribution in [2.24, 2.45) is 0 Å². The van der Waals surface area contributed by atoms with Gasteiger partial charge in [-0.05, 0) is 57.2 Å². The van der Waals surface area contributed by atoms with Gasteiger partial charge in [0.05, 0.1) is 0 Å². The summed E-state index contributed by atoms with van der Waals surface area (Å²) in [5.74, 6) is 0. The van der Waals surface area contributed by atoms with Gasteiger partial charge in [0.1, 0.15) is 0 Å². The summed E-state index contributed by atoms with van der Waals surface area (Å²) in [5.41, 5.74) is 1.30. The topological polar surface area (TPSA) is 9.72 Å². The molecule has 0 aromatic heterocycles. The maximum absolute atomic E-state index is 5.96. The number of rotatable bonds is 2. The molecule has 0 amide bonds. The van der Waals surface area contributed by atoms with E-state index in [1.54, 1.807) is 0 Å². The van der Waals surface area contributed by atoms with Crippen LogP contribution in [0.2, 0.25) is 5.02 Å². The smallest absolute Gasteiger partial charge is 0.0407 e. The van der Waals surface area contributed by atoms with Crippen molar-refractivity contribution in [1.29, 1.82) is 0 Å². The van der Waals surface area contributed by atoms with Gasteiger partial charge in [0.2, 0.25) is 0 Å². The summed E-state index contributed by atoms with van der Waals surface area (Å²) in [4.78, 5) is 7.61. The first-order chi connectivity index (χ1) is 9.72. The van der Waals surface area contributed by atoms with Crippen molar-refractivity contribution in [2.45, 2.75) is 18.9 Å². The minimum atomic E-state index is 0.804. The normalized spacial score (nSPS) is 23.2. The molecule has 2 aliphatic rings. The van der Waals surface area contributed by atoms with Gasteiger partial charge in [-0.15, -0.1) is 0 Å². The first kappa shape index (κ1) is 14.2. The van der Waals surface area contributed by atoms with Crippen molar-refractivity contribution in [2.75, 3.05) is 51.2 Å². The molecule has 2 saturated heterocycles. The molecule has 4 heteroatoms. The predicted octanol–water partition coefficient (Wildman–Crippen LogP) is 2.56. The molecular formula is C16H24ClN3. The van der Waals surface area contributed by atoms with Crippen LogP contribution in [0.25, 0.3) is 0 Å². The molecule has 0 saturated carbocycles. The average Bonchev–Trinajstić information content (AvgIpc) is 2.49. The summed E-state index contributed by atoms with van der Waals surface area (Å²) in [6.45, 7) is 7.15. The number of piperazine rings is 1. The molecule has 110 valence electrons. The molecule has 0 bridgehead atoms. The Morgan fingerprint density at radius 2 is 1.50 bits per heavy atom. The van der Waals surface area contributed by atoms with E-state index in [1.165, 1.54) is 44.7 Å². The molecule has 3 rings (SSSR count). The summed E-state index contributed by atoms with van der Waals surface area (Å²) in [6.07, 6.45) is 2.66. The van der Waals surface area contributed by atoms with Crippen LogP contribution in [0.15, 0.2) is 24.3 Å². The van der Waals surface area contributed by atoms with Gasteiger partial charge < -0.3 is 9.80 Å². The molecule has 3 nitrogen and oxygen atoms in total. The van der Waals surface area contributed by atoms with Crippen LogP contribution in [0.3, 0.4) is 0 Å². The van der Waals surface area contributed by atoms with Gasteiger partial charge >= 0.3 is 0 Å². The summed E-state index contributed by atoms with van der Waals surface area (Å²) in [5, 5.41) is 0.818. The van der Waals surface area contributed by atoms with Gasteiger partial charge in [-0.3, -0.25) is 4.90 Å². The zero-order valence-corrected chi connectivity index (χ0v) is 13.0. The van der Waals surface area contributed by atoms with Crippen LogP contribution in [-0.4, -0.2) is 62.2 Å². The lowest BCUT2D eigenvalue weighted by atomic mass is 10.0. The summed E-state index contributed by atoms with van der Waals surface area (Å²) >= 11 is 5.96. The Labute approximate surface area is 127 Å². The second-order valence-corrected chi connectivity index (χ2v) is 6.47. The Kier molecular flexibility index (Phi) is 4.49. The molecule has 0 N–H and O–H groups in total. The lowest BCUT2D eigenvalue weighted by Crippen LogP contribution is -2.52. The third kappa shape index (κ3) is 3.27. The Balaban J connectivity index is 1.53. The minimum Gasteiger partial charge on any atom is -0.369 e. The van der Waals surface area contributed by atoms with Gasteiger partial charge in [-0.25, -0.2) is 0 Å². The average molecular weight is 294 g/mol. The van der Waals surface area contributed by atoms with Gasteiger partial charge in [0.25, 0.3) is 0 Å². The van der Waals surface area contributed by atoms with E-state index in [0.717, 1.165) is 24.2 Å². The number of hydrogen-bond donors (Lipinski definition) is 0. The fourth-order valence-electron chi connectivity index (χ4n) is 3.36. The highest BCUT2D eigenvalue weighted by atomic mass is 35.5. The monoisotopic (exact) mass is 293 g/mol. The van der Waals surface area contributed by atoms with Crippen LogP contribution in [-0.2, 0) is 0 Å². The molecule has 0 spiro atoms. The van der Waals surface area contributed by atoms with Crippen molar-refractivity contribution in [1.82, 2.24) is 9.80 Å². The highest BCUT2D eigenvalue weighted by Crippen LogP contribution is 2.22. The summed E-state index contributed by atoms with van der Waals surface area (Å²) in [6, 6.07) is 9.04. The van der Waals surface area contributed by atoms with E-state index in [1.807, 2.05) is 12.1 Å². The number of halogens is 1. The minimum absolute atomic E-state index is 0.804. The van der Waals surface area contributed by atoms with Gasteiger partial charge in [-0.1, -0.05) is 11.6 Å². The molecule has 1 aromatic carbocycles. The maximum atomic E-state index is 5.96. The Hall–Kier alpha value is -0.770. The second-order valence-electron chi connectivity index (χ2n) is 6.03. The molecule has 20 heavy (non-hydrogen) atoms. The fraction of sp³-hybridized carbons (Fsp3) is 0.625. The van der Waals surface area contributed by atoms with E-state index in [9.17, 15) is 0 Å². The first-order valence-electron chi connectivity index (χ1n) is 7.65. The van der Waals surface area contributed by atoms with Crippen LogP contribution in [0.5, 0.6) is 0 Å². The van der Waals surface area contributed by atoms with Crippen molar-refractivity contribution < 1.29 is 0 Å². The van der Waals surface area contributed by atoms with Crippen molar-refractivity contribution in [3.05, 3.63) is 29.3 Å². The maximum Gasteiger partial charge on any atom is 0.0407 e. The largest absolute Gasteiger partial charge is 0.369 e. The third-order valence-electron chi connectivity index (χ3n) is 4.71. The standard InChI is InChI=1S/C16H24ClN3/c1-18-8-6-16(7-9-18)20-12-10-19(11-13-20)15-4-2-14(17)3-5-15/h2-5,16H,6-13H2,1H3. The lowest BCUT2D eigenvalue weighted by molar-refractivity contribution is 0.115. The van der Waals surface area contributed by atoms with Gasteiger partial charge in [-0.2, -0.15) is 0 Å².